The molecule has 3 nitrogen and oxygen atoms in total. The number of hydrogen-bond acceptors (Lipinski definition) is 3. The number of nitrogen functional groups attached to an aromatic ring is 1. The lowest BCUT2D eigenvalue weighted by molar-refractivity contribution is 0.475. The number of phenolic OH excluding ortho intramolecular Hbond substituents is 1. The molecule has 3 heteroatoms. The molecule has 0 aliphatic rings. The third-order valence-electron chi connectivity index (χ3n) is 5.16. The van der Waals surface area contributed by atoms with Crippen LogP contribution in [0.25, 0.3) is 0 Å². The molecule has 0 saturated heterocycles. The number of anilines is 1. The van der Waals surface area contributed by atoms with E-state index in [0.717, 1.165) is 51.3 Å². The molecule has 0 fully saturated rings. The highest BCUT2D eigenvalue weighted by molar-refractivity contribution is 6.00. The largest absolute Gasteiger partial charge is 0.508 e. The lowest BCUT2D eigenvalue weighted by Crippen LogP contribution is -1.98. The first kappa shape index (κ1) is 19.7. The number of benzene rings is 3. The monoisotopic (exact) mass is 372 g/mol. The lowest BCUT2D eigenvalue weighted by Gasteiger charge is -2.13. The molecule has 3 rings (SSSR count). The number of nitrogens with zero attached hydrogens (tertiary/aromatic N) is 1. The van der Waals surface area contributed by atoms with Crippen molar-refractivity contribution in [3.63, 3.8) is 0 Å². The summed E-state index contributed by atoms with van der Waals surface area (Å²) in [5, 5.41) is 9.71. The maximum Gasteiger partial charge on any atom is 0.116 e. The first-order chi connectivity index (χ1) is 13.2. The molecule has 3 aromatic rings. The predicted octanol–water partition coefficient (Wildman–Crippen LogP) is 5.94. The summed E-state index contributed by atoms with van der Waals surface area (Å²) in [6, 6.07) is 16.0. The second kappa shape index (κ2) is 7.89. The van der Waals surface area contributed by atoms with E-state index in [1.807, 2.05) is 19.1 Å². The van der Waals surface area contributed by atoms with Crippen molar-refractivity contribution in [3.8, 4) is 5.75 Å². The molecule has 0 unspecified atom stereocenters. The molecule has 28 heavy (non-hydrogen) atoms. The van der Waals surface area contributed by atoms with E-state index < -0.39 is 0 Å². The van der Waals surface area contributed by atoms with Gasteiger partial charge in [0.1, 0.15) is 5.75 Å². The Bertz CT molecular complexity index is 1020. The number of hydrogen-bond donors (Lipinski definition) is 2. The smallest absolute Gasteiger partial charge is 0.116 e. The maximum absolute atomic E-state index is 9.71. The van der Waals surface area contributed by atoms with E-state index in [-0.39, 0.29) is 5.75 Å². The van der Waals surface area contributed by atoms with Gasteiger partial charge in [0.25, 0.3) is 0 Å². The minimum Gasteiger partial charge on any atom is -0.508 e. The molecule has 0 heterocycles. The van der Waals surface area contributed by atoms with Crippen molar-refractivity contribution in [1.82, 2.24) is 0 Å². The van der Waals surface area contributed by atoms with Gasteiger partial charge in [0.15, 0.2) is 0 Å². The summed E-state index contributed by atoms with van der Waals surface area (Å²) in [5.74, 6) is 0.255. The first-order valence-corrected chi connectivity index (χ1v) is 9.55. The minimum atomic E-state index is 0.255. The normalized spacial score (nSPS) is 11.7. The second-order valence-corrected chi connectivity index (χ2v) is 7.65. The molecule has 144 valence electrons. The fourth-order valence-electron chi connectivity index (χ4n) is 3.69. The van der Waals surface area contributed by atoms with Gasteiger partial charge in [-0.2, -0.15) is 0 Å². The summed E-state index contributed by atoms with van der Waals surface area (Å²) in [4.78, 5) is 4.85. The van der Waals surface area contributed by atoms with Crippen molar-refractivity contribution >= 4 is 17.1 Å². The van der Waals surface area contributed by atoms with Crippen LogP contribution in [0.3, 0.4) is 0 Å². The zero-order valence-corrected chi connectivity index (χ0v) is 17.3. The van der Waals surface area contributed by atoms with Crippen LogP contribution in [0.1, 0.15) is 45.9 Å². The lowest BCUT2D eigenvalue weighted by atomic mass is 9.96. The fraction of sp³-hybridized carbons (Fsp3) is 0.240. The first-order valence-electron chi connectivity index (χ1n) is 9.55. The molecule has 0 radical (unpaired) electrons. The molecule has 3 N–H and O–H groups in total. The Labute approximate surface area is 167 Å². The van der Waals surface area contributed by atoms with E-state index in [4.69, 9.17) is 10.7 Å². The average molecular weight is 373 g/mol. The third kappa shape index (κ3) is 4.25. The van der Waals surface area contributed by atoms with Crippen LogP contribution in [-0.4, -0.2) is 10.8 Å². The molecule has 0 bridgehead atoms. The van der Waals surface area contributed by atoms with Gasteiger partial charge in [-0.25, -0.2) is 0 Å². The molecule has 0 atom stereocenters. The Morgan fingerprint density at radius 1 is 0.857 bits per heavy atom. The van der Waals surface area contributed by atoms with Crippen molar-refractivity contribution in [2.75, 3.05) is 5.73 Å². The van der Waals surface area contributed by atoms with Gasteiger partial charge < -0.3 is 10.8 Å². The van der Waals surface area contributed by atoms with Crippen LogP contribution in [0, 0.1) is 27.7 Å². The molecule has 0 aliphatic heterocycles. The number of phenols is 1. The van der Waals surface area contributed by atoms with Gasteiger partial charge in [-0.1, -0.05) is 36.4 Å². The maximum atomic E-state index is 9.71. The topological polar surface area (TPSA) is 58.6 Å². The minimum absolute atomic E-state index is 0.255. The molecular weight excluding hydrogens is 344 g/mol. The van der Waals surface area contributed by atoms with Gasteiger partial charge >= 0.3 is 0 Å². The standard InChI is InChI=1S/C25H28N2O/c1-15-9-20(10-16(2)24(15)26)13-21-11-17(3)25(18(4)12-21)27-19(5)22-7-6-8-23(28)14-22/h6-12,14,28H,13,26H2,1-5H3. The van der Waals surface area contributed by atoms with E-state index in [2.05, 4.69) is 52.0 Å². The van der Waals surface area contributed by atoms with Crippen LogP contribution >= 0.6 is 0 Å². The summed E-state index contributed by atoms with van der Waals surface area (Å²) in [6.07, 6.45) is 0.874. The molecule has 0 spiro atoms. The number of aryl methyl sites for hydroxylation is 4. The van der Waals surface area contributed by atoms with Crippen molar-refractivity contribution in [3.05, 3.63) is 87.5 Å². The van der Waals surface area contributed by atoms with Gasteiger partial charge in [-0.3, -0.25) is 4.99 Å². The van der Waals surface area contributed by atoms with E-state index in [0.29, 0.717) is 0 Å². The zero-order valence-electron chi connectivity index (χ0n) is 17.3. The number of rotatable bonds is 4. The third-order valence-corrected chi connectivity index (χ3v) is 5.16. The zero-order chi connectivity index (χ0) is 20.4. The van der Waals surface area contributed by atoms with Gasteiger partial charge in [0, 0.05) is 11.4 Å². The van der Waals surface area contributed by atoms with Crippen molar-refractivity contribution < 1.29 is 5.11 Å². The van der Waals surface area contributed by atoms with Crippen LogP contribution in [0.15, 0.2) is 53.5 Å². The molecule has 3 aromatic carbocycles. The molecule has 0 amide bonds. The van der Waals surface area contributed by atoms with Crippen molar-refractivity contribution in [2.45, 2.75) is 41.0 Å². The van der Waals surface area contributed by atoms with E-state index >= 15 is 0 Å². The van der Waals surface area contributed by atoms with Crippen LogP contribution in [0.2, 0.25) is 0 Å². The Morgan fingerprint density at radius 3 is 1.93 bits per heavy atom. The highest BCUT2D eigenvalue weighted by Gasteiger charge is 2.09. The van der Waals surface area contributed by atoms with Crippen LogP contribution < -0.4 is 5.73 Å². The number of aliphatic imine (C=N–C) groups is 1. The number of nitrogens with two attached hydrogens (primary N) is 1. The predicted molar refractivity (Wildman–Crippen MR) is 119 cm³/mol. The Morgan fingerprint density at radius 2 is 1.39 bits per heavy atom. The van der Waals surface area contributed by atoms with Crippen molar-refractivity contribution in [2.24, 2.45) is 4.99 Å². The Kier molecular flexibility index (Phi) is 5.55. The Hall–Kier alpha value is -3.07. The molecule has 0 aromatic heterocycles. The van der Waals surface area contributed by atoms with E-state index in [1.54, 1.807) is 12.1 Å². The van der Waals surface area contributed by atoms with E-state index in [1.165, 1.54) is 11.1 Å². The fourth-order valence-corrected chi connectivity index (χ4v) is 3.69. The van der Waals surface area contributed by atoms with Gasteiger partial charge in [0.2, 0.25) is 0 Å². The number of aromatic hydroxyl groups is 1. The van der Waals surface area contributed by atoms with Crippen LogP contribution in [0.5, 0.6) is 5.75 Å². The van der Waals surface area contributed by atoms with Gasteiger partial charge in [-0.05, 0) is 92.1 Å². The highest BCUT2D eigenvalue weighted by Crippen LogP contribution is 2.28. The summed E-state index contributed by atoms with van der Waals surface area (Å²) in [6.45, 7) is 10.3. The SMILES string of the molecule is CC(=Nc1c(C)cc(Cc2cc(C)c(N)c(C)c2)cc1C)c1cccc(O)c1. The average Bonchev–Trinajstić information content (AvgIpc) is 2.62. The second-order valence-electron chi connectivity index (χ2n) is 7.65. The van der Waals surface area contributed by atoms with Gasteiger partial charge in [0.05, 0.1) is 5.69 Å². The summed E-state index contributed by atoms with van der Waals surface area (Å²) >= 11 is 0. The van der Waals surface area contributed by atoms with Crippen molar-refractivity contribution in [1.29, 1.82) is 0 Å². The van der Waals surface area contributed by atoms with E-state index in [9.17, 15) is 5.11 Å². The highest BCUT2D eigenvalue weighted by atomic mass is 16.3. The summed E-state index contributed by atoms with van der Waals surface area (Å²) in [7, 11) is 0. The molecule has 0 saturated carbocycles. The van der Waals surface area contributed by atoms with Crippen LogP contribution in [0.4, 0.5) is 11.4 Å². The summed E-state index contributed by atoms with van der Waals surface area (Å²) < 4.78 is 0. The summed E-state index contributed by atoms with van der Waals surface area (Å²) in [5.41, 5.74) is 16.9. The quantitative estimate of drug-likeness (QED) is 0.440. The van der Waals surface area contributed by atoms with Crippen LogP contribution in [-0.2, 0) is 6.42 Å². The van der Waals surface area contributed by atoms with Gasteiger partial charge in [-0.15, -0.1) is 0 Å². The molecule has 0 aliphatic carbocycles. The molecular formula is C25H28N2O. The Balaban J connectivity index is 1.92.